The van der Waals surface area contributed by atoms with Crippen LogP contribution in [0, 0.1) is 11.6 Å². The van der Waals surface area contributed by atoms with Gasteiger partial charge in [0.05, 0.1) is 0 Å². The van der Waals surface area contributed by atoms with Crippen LogP contribution in [-0.4, -0.2) is 22.4 Å². The predicted molar refractivity (Wildman–Crippen MR) is 98.2 cm³/mol. The Balaban J connectivity index is 1.55. The number of amides is 1. The molecule has 0 aliphatic rings. The van der Waals surface area contributed by atoms with E-state index in [0.29, 0.717) is 23.4 Å². The number of benzene rings is 2. The van der Waals surface area contributed by atoms with E-state index in [1.54, 1.807) is 36.4 Å². The topological polar surface area (TPSA) is 66.9 Å². The largest absolute Gasteiger partial charge is 0.366 e. The summed E-state index contributed by atoms with van der Waals surface area (Å²) < 4.78 is 27.2. The number of hydrogen-bond donors (Lipinski definition) is 2. The molecule has 3 rings (SSSR count). The van der Waals surface area contributed by atoms with Gasteiger partial charge in [0.1, 0.15) is 29.5 Å². The quantitative estimate of drug-likeness (QED) is 0.671. The summed E-state index contributed by atoms with van der Waals surface area (Å²) in [6.45, 7) is 0.514. The Bertz CT molecular complexity index is 933. The van der Waals surface area contributed by atoms with Crippen molar-refractivity contribution in [2.24, 2.45) is 0 Å². The summed E-state index contributed by atoms with van der Waals surface area (Å²) in [5.41, 5.74) is 1.20. The lowest BCUT2D eigenvalue weighted by Crippen LogP contribution is -2.27. The van der Waals surface area contributed by atoms with Crippen molar-refractivity contribution in [1.82, 2.24) is 15.3 Å². The molecular formula is C20H18F2N4O. The third-order valence-electron chi connectivity index (χ3n) is 3.96. The zero-order valence-electron chi connectivity index (χ0n) is 14.5. The van der Waals surface area contributed by atoms with E-state index in [1.807, 2.05) is 0 Å². The average molecular weight is 368 g/mol. The van der Waals surface area contributed by atoms with Gasteiger partial charge in [0.2, 0.25) is 0 Å². The number of halogens is 2. The Labute approximate surface area is 155 Å². The molecule has 1 aromatic heterocycles. The third-order valence-corrected chi connectivity index (χ3v) is 3.96. The Morgan fingerprint density at radius 3 is 2.30 bits per heavy atom. The van der Waals surface area contributed by atoms with E-state index in [4.69, 9.17) is 0 Å². The molecule has 0 spiro atoms. The number of nitrogens with one attached hydrogen (secondary N) is 2. The maximum absolute atomic E-state index is 13.6. The SMILES string of the molecule is O=C(NCCc1ccccc1F)c1cc(NCc2ccccc2F)ncn1. The van der Waals surface area contributed by atoms with Crippen LogP contribution in [0.15, 0.2) is 60.9 Å². The second-order valence-corrected chi connectivity index (χ2v) is 5.83. The number of anilines is 1. The minimum atomic E-state index is -0.386. The van der Waals surface area contributed by atoms with Crippen LogP contribution in [0.4, 0.5) is 14.6 Å². The normalized spacial score (nSPS) is 10.4. The highest BCUT2D eigenvalue weighted by atomic mass is 19.1. The van der Waals surface area contributed by atoms with Gasteiger partial charge in [0.15, 0.2) is 0 Å². The van der Waals surface area contributed by atoms with E-state index < -0.39 is 0 Å². The zero-order valence-corrected chi connectivity index (χ0v) is 14.5. The minimum absolute atomic E-state index is 0.176. The van der Waals surface area contributed by atoms with Gasteiger partial charge in [-0.2, -0.15) is 0 Å². The summed E-state index contributed by atoms with van der Waals surface area (Å²) >= 11 is 0. The van der Waals surface area contributed by atoms with Crippen molar-refractivity contribution in [3.05, 3.63) is 89.4 Å². The molecular weight excluding hydrogens is 350 g/mol. The van der Waals surface area contributed by atoms with Gasteiger partial charge >= 0.3 is 0 Å². The molecule has 7 heteroatoms. The van der Waals surface area contributed by atoms with Crippen LogP contribution in [0.5, 0.6) is 0 Å². The van der Waals surface area contributed by atoms with Crippen LogP contribution in [-0.2, 0) is 13.0 Å². The molecule has 2 aromatic carbocycles. The molecule has 5 nitrogen and oxygen atoms in total. The fourth-order valence-electron chi connectivity index (χ4n) is 2.51. The molecule has 0 atom stereocenters. The van der Waals surface area contributed by atoms with E-state index in [-0.39, 0.29) is 36.3 Å². The summed E-state index contributed by atoms with van der Waals surface area (Å²) in [6.07, 6.45) is 1.64. The standard InChI is InChI=1S/C20H18F2N4O/c21-16-7-3-1-5-14(16)9-10-23-20(27)18-11-19(26-13-25-18)24-12-15-6-2-4-8-17(15)22/h1-8,11,13H,9-10,12H2,(H,23,27)(H,24,25,26). The Hall–Kier alpha value is -3.35. The minimum Gasteiger partial charge on any atom is -0.366 e. The number of nitrogens with zero attached hydrogens (tertiary/aromatic N) is 2. The molecule has 138 valence electrons. The predicted octanol–water partition coefficient (Wildman–Crippen LogP) is 3.34. The van der Waals surface area contributed by atoms with Crippen molar-refractivity contribution < 1.29 is 13.6 Å². The van der Waals surface area contributed by atoms with Gasteiger partial charge in [-0.3, -0.25) is 4.79 Å². The highest BCUT2D eigenvalue weighted by Gasteiger charge is 2.09. The molecule has 0 aliphatic carbocycles. The van der Waals surface area contributed by atoms with Gasteiger partial charge in [-0.15, -0.1) is 0 Å². The monoisotopic (exact) mass is 368 g/mol. The molecule has 1 heterocycles. The lowest BCUT2D eigenvalue weighted by atomic mass is 10.1. The van der Waals surface area contributed by atoms with E-state index in [9.17, 15) is 13.6 Å². The molecule has 1 amide bonds. The van der Waals surface area contributed by atoms with Crippen molar-refractivity contribution in [1.29, 1.82) is 0 Å². The van der Waals surface area contributed by atoms with Crippen molar-refractivity contribution in [3.8, 4) is 0 Å². The van der Waals surface area contributed by atoms with Gasteiger partial charge < -0.3 is 10.6 Å². The number of rotatable bonds is 7. The van der Waals surface area contributed by atoms with Gasteiger partial charge in [-0.05, 0) is 24.1 Å². The third kappa shape index (κ3) is 5.07. The smallest absolute Gasteiger partial charge is 0.270 e. The first-order chi connectivity index (χ1) is 13.1. The number of aromatic nitrogens is 2. The Morgan fingerprint density at radius 1 is 0.926 bits per heavy atom. The van der Waals surface area contributed by atoms with Crippen molar-refractivity contribution in [2.45, 2.75) is 13.0 Å². The molecule has 3 aromatic rings. The molecule has 0 aliphatic heterocycles. The maximum atomic E-state index is 13.6. The summed E-state index contributed by atoms with van der Waals surface area (Å²) in [4.78, 5) is 20.2. The summed E-state index contributed by atoms with van der Waals surface area (Å²) in [6, 6.07) is 14.3. The molecule has 0 saturated heterocycles. The van der Waals surface area contributed by atoms with E-state index in [0.717, 1.165) is 0 Å². The summed E-state index contributed by atoms with van der Waals surface area (Å²) in [5, 5.41) is 5.67. The van der Waals surface area contributed by atoms with E-state index >= 15 is 0 Å². The van der Waals surface area contributed by atoms with Gasteiger partial charge in [0, 0.05) is 24.7 Å². The van der Waals surface area contributed by atoms with Crippen molar-refractivity contribution in [2.75, 3.05) is 11.9 Å². The first-order valence-electron chi connectivity index (χ1n) is 8.44. The van der Waals surface area contributed by atoms with Gasteiger partial charge in [0.25, 0.3) is 5.91 Å². The molecule has 0 unspecified atom stereocenters. The van der Waals surface area contributed by atoms with Crippen molar-refractivity contribution >= 4 is 11.7 Å². The molecule has 27 heavy (non-hydrogen) atoms. The zero-order chi connectivity index (χ0) is 19.1. The van der Waals surface area contributed by atoms with Crippen LogP contribution in [0.1, 0.15) is 21.6 Å². The second-order valence-electron chi connectivity index (χ2n) is 5.83. The molecule has 0 saturated carbocycles. The van der Waals surface area contributed by atoms with Crippen LogP contribution < -0.4 is 10.6 Å². The van der Waals surface area contributed by atoms with Crippen LogP contribution in [0.2, 0.25) is 0 Å². The maximum Gasteiger partial charge on any atom is 0.270 e. The highest BCUT2D eigenvalue weighted by Crippen LogP contribution is 2.11. The van der Waals surface area contributed by atoms with E-state index in [1.165, 1.54) is 24.5 Å². The first-order valence-corrected chi connectivity index (χ1v) is 8.44. The Kier molecular flexibility index (Phi) is 6.04. The van der Waals surface area contributed by atoms with E-state index in [2.05, 4.69) is 20.6 Å². The molecule has 0 fully saturated rings. The number of carbonyl (C=O) groups is 1. The number of hydrogen-bond acceptors (Lipinski definition) is 4. The van der Waals surface area contributed by atoms with Gasteiger partial charge in [-0.25, -0.2) is 18.7 Å². The summed E-state index contributed by atoms with van der Waals surface area (Å²) in [7, 11) is 0. The highest BCUT2D eigenvalue weighted by molar-refractivity contribution is 5.92. The molecule has 2 N–H and O–H groups in total. The van der Waals surface area contributed by atoms with Crippen LogP contribution in [0.3, 0.4) is 0 Å². The number of carbonyl (C=O) groups excluding carboxylic acids is 1. The lowest BCUT2D eigenvalue weighted by Gasteiger charge is -2.08. The fraction of sp³-hybridized carbons (Fsp3) is 0.150. The van der Waals surface area contributed by atoms with Crippen molar-refractivity contribution in [3.63, 3.8) is 0 Å². The van der Waals surface area contributed by atoms with Gasteiger partial charge in [-0.1, -0.05) is 36.4 Å². The molecule has 0 bridgehead atoms. The lowest BCUT2D eigenvalue weighted by molar-refractivity contribution is 0.0949. The van der Waals surface area contributed by atoms with Crippen LogP contribution in [0.25, 0.3) is 0 Å². The molecule has 0 radical (unpaired) electrons. The Morgan fingerprint density at radius 2 is 1.59 bits per heavy atom. The van der Waals surface area contributed by atoms with Crippen LogP contribution >= 0.6 is 0 Å². The second kappa shape index (κ2) is 8.84. The summed E-state index contributed by atoms with van der Waals surface area (Å²) in [5.74, 6) is -0.589. The first kappa shape index (κ1) is 18.4. The average Bonchev–Trinajstić information content (AvgIpc) is 2.69. The fourth-order valence-corrected chi connectivity index (χ4v) is 2.51.